The molecule has 0 radical (unpaired) electrons. The van der Waals surface area contributed by atoms with Gasteiger partial charge < -0.3 is 18.6 Å². The molecule has 0 aliphatic heterocycles. The number of halogens is 2. The number of ketones is 1. The van der Waals surface area contributed by atoms with E-state index in [2.05, 4.69) is 9.72 Å². The largest absolute Gasteiger partial charge is 0.493 e. The van der Waals surface area contributed by atoms with E-state index in [4.69, 9.17) is 13.9 Å². The Morgan fingerprint density at radius 2 is 1.84 bits per heavy atom. The lowest BCUT2D eigenvalue weighted by Gasteiger charge is -2.15. The van der Waals surface area contributed by atoms with Crippen molar-refractivity contribution in [3.8, 4) is 28.7 Å². The average molecular weight is 445 g/mol. The van der Waals surface area contributed by atoms with Crippen LogP contribution in [0.4, 0.5) is 8.78 Å². The van der Waals surface area contributed by atoms with Gasteiger partial charge in [0.25, 0.3) is 0 Å². The van der Waals surface area contributed by atoms with Crippen LogP contribution < -0.4 is 14.2 Å². The summed E-state index contributed by atoms with van der Waals surface area (Å²) in [6, 6.07) is 11.6. The summed E-state index contributed by atoms with van der Waals surface area (Å²) in [6.45, 7) is 2.93. The Labute approximate surface area is 185 Å². The van der Waals surface area contributed by atoms with E-state index >= 15 is 0 Å². The minimum Gasteiger partial charge on any atom is -0.493 e. The second-order valence-electron chi connectivity index (χ2n) is 7.20. The van der Waals surface area contributed by atoms with Gasteiger partial charge >= 0.3 is 6.61 Å². The van der Waals surface area contributed by atoms with E-state index in [1.54, 1.807) is 38.1 Å². The van der Waals surface area contributed by atoms with Crippen molar-refractivity contribution in [3.05, 3.63) is 60.0 Å². The predicted octanol–water partition coefficient (Wildman–Crippen LogP) is 5.94. The number of oxazole rings is 1. The molecule has 0 atom stereocenters. The summed E-state index contributed by atoms with van der Waals surface area (Å²) in [6.07, 6.45) is 1.85. The van der Waals surface area contributed by atoms with Crippen LogP contribution >= 0.6 is 0 Å². The number of carbonyl (C=O) groups is 1. The van der Waals surface area contributed by atoms with Gasteiger partial charge in [0.05, 0.1) is 24.0 Å². The fraction of sp³-hybridized carbons (Fsp3) is 0.333. The van der Waals surface area contributed by atoms with Crippen LogP contribution in [0.15, 0.2) is 53.1 Å². The normalized spacial score (nSPS) is 11.1. The van der Waals surface area contributed by atoms with Crippen molar-refractivity contribution in [1.82, 2.24) is 4.98 Å². The van der Waals surface area contributed by atoms with Gasteiger partial charge in [0, 0.05) is 18.4 Å². The SMILES string of the molecule is CCOc1ccccc1C(=O)CCc1coc(-c2ccc(OC(F)F)c(OC(C)C)c2)n1. The van der Waals surface area contributed by atoms with Crippen molar-refractivity contribution in [1.29, 1.82) is 0 Å². The highest BCUT2D eigenvalue weighted by Gasteiger charge is 2.17. The molecule has 0 bridgehead atoms. The lowest BCUT2D eigenvalue weighted by atomic mass is 10.0. The summed E-state index contributed by atoms with van der Waals surface area (Å²) >= 11 is 0. The summed E-state index contributed by atoms with van der Waals surface area (Å²) in [5, 5.41) is 0. The molecule has 0 N–H and O–H groups in total. The Kier molecular flexibility index (Phi) is 7.81. The minimum atomic E-state index is -2.96. The first kappa shape index (κ1) is 23.2. The van der Waals surface area contributed by atoms with Crippen LogP contribution in [-0.4, -0.2) is 30.1 Å². The first-order chi connectivity index (χ1) is 15.4. The monoisotopic (exact) mass is 445 g/mol. The van der Waals surface area contributed by atoms with E-state index in [1.165, 1.54) is 18.4 Å². The number of alkyl halides is 2. The number of Topliss-reactive ketones (excluding diaryl/α,β-unsaturated/α-hetero) is 1. The average Bonchev–Trinajstić information content (AvgIpc) is 3.22. The first-order valence-corrected chi connectivity index (χ1v) is 10.3. The van der Waals surface area contributed by atoms with Crippen LogP contribution in [0.1, 0.15) is 43.2 Å². The van der Waals surface area contributed by atoms with E-state index in [1.807, 2.05) is 13.0 Å². The van der Waals surface area contributed by atoms with Crippen LogP contribution in [0.5, 0.6) is 17.2 Å². The highest BCUT2D eigenvalue weighted by atomic mass is 19.3. The molecule has 0 saturated heterocycles. The Bertz CT molecular complexity index is 1050. The first-order valence-electron chi connectivity index (χ1n) is 10.3. The summed E-state index contributed by atoms with van der Waals surface area (Å²) in [7, 11) is 0. The van der Waals surface area contributed by atoms with Crippen LogP contribution in [-0.2, 0) is 6.42 Å². The van der Waals surface area contributed by atoms with Crippen molar-refractivity contribution < 1.29 is 32.2 Å². The molecule has 8 heteroatoms. The molecule has 170 valence electrons. The second kappa shape index (κ2) is 10.7. The van der Waals surface area contributed by atoms with Gasteiger partial charge in [-0.25, -0.2) is 4.98 Å². The molecule has 0 fully saturated rings. The summed E-state index contributed by atoms with van der Waals surface area (Å²) in [5.41, 5.74) is 1.67. The van der Waals surface area contributed by atoms with Gasteiger partial charge in [-0.2, -0.15) is 8.78 Å². The number of aromatic nitrogens is 1. The zero-order valence-corrected chi connectivity index (χ0v) is 18.1. The van der Waals surface area contributed by atoms with Crippen molar-refractivity contribution >= 4 is 5.78 Å². The molecule has 1 aromatic heterocycles. The molecular formula is C24H25F2NO5. The van der Waals surface area contributed by atoms with Gasteiger partial charge in [-0.3, -0.25) is 4.79 Å². The maximum absolute atomic E-state index is 12.7. The molecule has 0 amide bonds. The third-order valence-electron chi connectivity index (χ3n) is 4.42. The number of benzene rings is 2. The van der Waals surface area contributed by atoms with Gasteiger partial charge in [-0.15, -0.1) is 0 Å². The lowest BCUT2D eigenvalue weighted by molar-refractivity contribution is -0.0518. The third-order valence-corrected chi connectivity index (χ3v) is 4.42. The van der Waals surface area contributed by atoms with Crippen LogP contribution in [0, 0.1) is 0 Å². The number of hydrogen-bond acceptors (Lipinski definition) is 6. The number of ether oxygens (including phenoxy) is 3. The highest BCUT2D eigenvalue weighted by molar-refractivity contribution is 5.98. The Balaban J connectivity index is 1.72. The van der Waals surface area contributed by atoms with Gasteiger partial charge in [-0.1, -0.05) is 12.1 Å². The zero-order chi connectivity index (χ0) is 23.1. The molecule has 0 spiro atoms. The molecule has 2 aromatic carbocycles. The number of para-hydroxylation sites is 1. The number of rotatable bonds is 11. The number of nitrogens with zero attached hydrogens (tertiary/aromatic N) is 1. The van der Waals surface area contributed by atoms with Crippen molar-refractivity contribution in [2.24, 2.45) is 0 Å². The smallest absolute Gasteiger partial charge is 0.387 e. The molecule has 6 nitrogen and oxygen atoms in total. The number of aryl methyl sites for hydroxylation is 1. The fourth-order valence-electron chi connectivity index (χ4n) is 3.09. The highest BCUT2D eigenvalue weighted by Crippen LogP contribution is 2.34. The third kappa shape index (κ3) is 6.06. The predicted molar refractivity (Wildman–Crippen MR) is 115 cm³/mol. The standard InChI is InChI=1S/C24H25F2NO5/c1-4-29-20-8-6-5-7-18(20)19(28)11-10-17-14-30-23(27-17)16-9-12-21(32-24(25)26)22(13-16)31-15(2)3/h5-9,12-15,24H,4,10-11H2,1-3H3. The Morgan fingerprint density at radius 3 is 2.56 bits per heavy atom. The quantitative estimate of drug-likeness (QED) is 0.340. The van der Waals surface area contributed by atoms with Gasteiger partial charge in [0.2, 0.25) is 5.89 Å². The molecule has 1 heterocycles. The molecule has 0 aliphatic rings. The second-order valence-corrected chi connectivity index (χ2v) is 7.20. The molecular weight excluding hydrogens is 420 g/mol. The Morgan fingerprint density at radius 1 is 1.06 bits per heavy atom. The lowest BCUT2D eigenvalue weighted by Crippen LogP contribution is -2.09. The van der Waals surface area contributed by atoms with Crippen LogP contribution in [0.2, 0.25) is 0 Å². The van der Waals surface area contributed by atoms with Crippen LogP contribution in [0.25, 0.3) is 11.5 Å². The summed E-state index contributed by atoms with van der Waals surface area (Å²) in [5.74, 6) is 0.895. The van der Waals surface area contributed by atoms with Gasteiger partial charge in [-0.05, 0) is 51.1 Å². The van der Waals surface area contributed by atoms with Crippen molar-refractivity contribution in [3.63, 3.8) is 0 Å². The van der Waals surface area contributed by atoms with E-state index in [9.17, 15) is 13.6 Å². The summed E-state index contributed by atoms with van der Waals surface area (Å²) in [4.78, 5) is 17.1. The molecule has 0 aliphatic carbocycles. The molecule has 0 unspecified atom stereocenters. The summed E-state index contributed by atoms with van der Waals surface area (Å²) < 4.78 is 46.5. The topological polar surface area (TPSA) is 70.8 Å². The molecule has 32 heavy (non-hydrogen) atoms. The minimum absolute atomic E-state index is 0.0558. The fourth-order valence-corrected chi connectivity index (χ4v) is 3.09. The van der Waals surface area contributed by atoms with E-state index in [0.717, 1.165) is 0 Å². The van der Waals surface area contributed by atoms with E-state index < -0.39 is 6.61 Å². The number of hydrogen-bond donors (Lipinski definition) is 0. The molecule has 3 rings (SSSR count). The maximum atomic E-state index is 12.7. The van der Waals surface area contributed by atoms with Crippen LogP contribution in [0.3, 0.4) is 0 Å². The van der Waals surface area contributed by atoms with Gasteiger partial charge in [0.1, 0.15) is 12.0 Å². The number of carbonyl (C=O) groups excluding carboxylic acids is 1. The zero-order valence-electron chi connectivity index (χ0n) is 18.1. The maximum Gasteiger partial charge on any atom is 0.387 e. The van der Waals surface area contributed by atoms with E-state index in [-0.39, 0.29) is 29.8 Å². The Hall–Kier alpha value is -3.42. The van der Waals surface area contributed by atoms with E-state index in [0.29, 0.717) is 41.5 Å². The molecule has 3 aromatic rings. The van der Waals surface area contributed by atoms with Crippen molar-refractivity contribution in [2.45, 2.75) is 46.3 Å². The van der Waals surface area contributed by atoms with Gasteiger partial charge in [0.15, 0.2) is 17.3 Å². The van der Waals surface area contributed by atoms with Crippen molar-refractivity contribution in [2.75, 3.05) is 6.61 Å². The molecule has 0 saturated carbocycles.